The Kier molecular flexibility index (Phi) is 16.6. The second kappa shape index (κ2) is 21.8. The molecule has 0 aromatic heterocycles. The largest absolute Gasteiger partial charge is 0.184 e. The van der Waals surface area contributed by atoms with E-state index < -0.39 is 20.8 Å². The van der Waals surface area contributed by atoms with E-state index in [1.165, 1.54) is 98.7 Å². The SMILES string of the molecule is CCc1ccccc1-c1c(C)ccc2[cH-]c(CC(C)C)cc12.CCc1ccccc1-c1c(C)ccc2[cH-]c(CC(C)C)cc12.[Cl][Zr][Cl].[c-]1cccc2c1[Si]c1ccccc1-2. The molecule has 9 rings (SSSR count). The Morgan fingerprint density at radius 1 is 0.567 bits per heavy atom. The van der Waals surface area contributed by atoms with Crippen LogP contribution in [0.1, 0.15) is 74.9 Å². The summed E-state index contributed by atoms with van der Waals surface area (Å²) in [4.78, 5) is 0. The zero-order valence-corrected chi connectivity index (χ0v) is 41.5. The first-order chi connectivity index (χ1) is 29.1. The molecule has 0 fully saturated rings. The molecule has 0 nitrogen and oxygen atoms in total. The normalized spacial score (nSPS) is 11.3. The third kappa shape index (κ3) is 11.0. The number of fused-ring (bicyclic) bond motifs is 5. The van der Waals surface area contributed by atoms with Crippen LogP contribution in [0.3, 0.4) is 0 Å². The Balaban J connectivity index is 0.000000150. The molecule has 2 radical (unpaired) electrons. The molecule has 60 heavy (non-hydrogen) atoms. The molecule has 0 unspecified atom stereocenters. The van der Waals surface area contributed by atoms with Gasteiger partial charge in [0.15, 0.2) is 0 Å². The summed E-state index contributed by atoms with van der Waals surface area (Å²) in [7, 11) is 10.7. The Labute approximate surface area is 381 Å². The van der Waals surface area contributed by atoms with Gasteiger partial charge in [-0.1, -0.05) is 147 Å². The summed E-state index contributed by atoms with van der Waals surface area (Å²) >= 11 is -0.826. The van der Waals surface area contributed by atoms with E-state index in [9.17, 15) is 0 Å². The fraction of sp³-hybridized carbons (Fsp3) is 0.250. The van der Waals surface area contributed by atoms with Gasteiger partial charge < -0.3 is 0 Å². The number of hydrogen-bond acceptors (Lipinski definition) is 0. The molecule has 306 valence electrons. The molecule has 8 aromatic carbocycles. The van der Waals surface area contributed by atoms with Crippen molar-refractivity contribution in [1.82, 2.24) is 0 Å². The van der Waals surface area contributed by atoms with Gasteiger partial charge in [-0.05, 0) is 73.6 Å². The van der Waals surface area contributed by atoms with Crippen molar-refractivity contribution in [3.8, 4) is 33.4 Å². The van der Waals surface area contributed by atoms with E-state index in [2.05, 4.69) is 195 Å². The molecule has 4 heteroatoms. The van der Waals surface area contributed by atoms with Gasteiger partial charge in [0.25, 0.3) is 0 Å². The Morgan fingerprint density at radius 2 is 1.00 bits per heavy atom. The average Bonchev–Trinajstić information content (AvgIpc) is 3.96. The summed E-state index contributed by atoms with van der Waals surface area (Å²) < 4.78 is 0. The van der Waals surface area contributed by atoms with Gasteiger partial charge in [0, 0.05) is 0 Å². The van der Waals surface area contributed by atoms with Gasteiger partial charge in [-0.15, -0.1) is 74.6 Å². The van der Waals surface area contributed by atoms with Gasteiger partial charge in [0.2, 0.25) is 0 Å². The van der Waals surface area contributed by atoms with E-state index >= 15 is 0 Å². The smallest absolute Gasteiger partial charge is 0.0920 e. The van der Waals surface area contributed by atoms with Crippen LogP contribution in [0.4, 0.5) is 0 Å². The van der Waals surface area contributed by atoms with Crippen LogP contribution in [0.25, 0.3) is 54.9 Å². The predicted molar refractivity (Wildman–Crippen MR) is 263 cm³/mol. The quantitative estimate of drug-likeness (QED) is 0.105. The van der Waals surface area contributed by atoms with E-state index in [0.717, 1.165) is 35.2 Å². The van der Waals surface area contributed by atoms with Crippen molar-refractivity contribution in [2.24, 2.45) is 11.8 Å². The van der Waals surface area contributed by atoms with E-state index in [0.29, 0.717) is 11.8 Å². The molecular weight excluding hydrogens is 863 g/mol. The summed E-state index contributed by atoms with van der Waals surface area (Å²) in [6, 6.07) is 54.5. The molecule has 0 N–H and O–H groups in total. The molecule has 1 heterocycles. The Bertz CT molecular complexity index is 2460. The first-order valence-electron chi connectivity index (χ1n) is 21.4. The van der Waals surface area contributed by atoms with Crippen molar-refractivity contribution in [3.63, 3.8) is 0 Å². The molecule has 0 spiro atoms. The zero-order chi connectivity index (χ0) is 42.8. The van der Waals surface area contributed by atoms with Gasteiger partial charge in [-0.3, -0.25) is 0 Å². The number of halogens is 2. The van der Waals surface area contributed by atoms with Gasteiger partial charge in [0.05, 0.1) is 9.52 Å². The third-order valence-corrected chi connectivity index (χ3v) is 12.6. The zero-order valence-electron chi connectivity index (χ0n) is 36.5. The summed E-state index contributed by atoms with van der Waals surface area (Å²) in [5.74, 6) is 1.40. The van der Waals surface area contributed by atoms with Crippen molar-refractivity contribution in [2.75, 3.05) is 0 Å². The molecular formula is C56H57Cl2SiZr-3. The van der Waals surface area contributed by atoms with Crippen LogP contribution in [0.5, 0.6) is 0 Å². The van der Waals surface area contributed by atoms with E-state index in [4.69, 9.17) is 17.0 Å². The maximum Gasteiger partial charge on any atom is 0.0920 e. The van der Waals surface area contributed by atoms with Gasteiger partial charge in [-0.2, -0.15) is 41.6 Å². The second-order valence-corrected chi connectivity index (χ2v) is 21.7. The Morgan fingerprint density at radius 3 is 1.47 bits per heavy atom. The van der Waals surface area contributed by atoms with Crippen LogP contribution < -0.4 is 10.4 Å². The summed E-state index contributed by atoms with van der Waals surface area (Å²) in [5, 5.41) is 8.40. The van der Waals surface area contributed by atoms with Crippen LogP contribution >= 0.6 is 17.0 Å². The Hall–Kier alpha value is -3.78. The van der Waals surface area contributed by atoms with Crippen molar-refractivity contribution in [1.29, 1.82) is 0 Å². The van der Waals surface area contributed by atoms with Crippen LogP contribution in [0, 0.1) is 31.7 Å². The van der Waals surface area contributed by atoms with E-state index in [1.807, 2.05) is 6.07 Å². The maximum atomic E-state index is 4.93. The third-order valence-electron chi connectivity index (χ3n) is 11.3. The first-order valence-corrected chi connectivity index (χ1v) is 28.8. The van der Waals surface area contributed by atoms with Gasteiger partial charge in [0.1, 0.15) is 0 Å². The molecule has 0 atom stereocenters. The first kappa shape index (κ1) is 45.7. The maximum absolute atomic E-state index is 4.93. The molecule has 0 aliphatic carbocycles. The van der Waals surface area contributed by atoms with Crippen molar-refractivity contribution in [2.45, 2.75) is 81.1 Å². The van der Waals surface area contributed by atoms with E-state index in [-0.39, 0.29) is 0 Å². The van der Waals surface area contributed by atoms with Crippen LogP contribution in [0.2, 0.25) is 0 Å². The number of rotatable bonds is 8. The van der Waals surface area contributed by atoms with Gasteiger partial charge >= 0.3 is 37.9 Å². The topological polar surface area (TPSA) is 0 Å². The fourth-order valence-corrected chi connectivity index (χ4v) is 9.98. The molecule has 0 saturated heterocycles. The standard InChI is InChI=1S/2C22H25.C12H7Si.2ClH.Zr/c2*1-5-18-8-6-7-9-20(18)22-16(4)10-11-19-13-17(12-15(2)3)14-21(19)22;1-3-7-11-9(5-1)10-6-2-4-8-12(10)13-11;;;/h2*6-11,13-15H,5,12H2,1-4H3;1-7H;2*1H;/q3*-1;;;+2/p-2. The second-order valence-electron chi connectivity index (χ2n) is 16.7. The van der Waals surface area contributed by atoms with Crippen LogP contribution in [-0.2, 0) is 46.5 Å². The number of aryl methyl sites for hydroxylation is 4. The van der Waals surface area contributed by atoms with Gasteiger partial charge in [-0.25, -0.2) is 0 Å². The minimum absolute atomic E-state index is 0.698. The minimum atomic E-state index is -0.826. The molecule has 1 aliphatic rings. The monoisotopic (exact) mass is 917 g/mol. The molecule has 1 aliphatic heterocycles. The fourth-order valence-electron chi connectivity index (χ4n) is 8.67. The summed E-state index contributed by atoms with van der Waals surface area (Å²) in [6.45, 7) is 18.1. The molecule has 0 amide bonds. The molecule has 8 aromatic rings. The number of benzene rings is 6. The van der Waals surface area contributed by atoms with Crippen molar-refractivity contribution in [3.05, 3.63) is 179 Å². The summed E-state index contributed by atoms with van der Waals surface area (Å²) in [6.07, 6.45) is 4.46. The minimum Gasteiger partial charge on any atom is -0.184 e. The van der Waals surface area contributed by atoms with Crippen LogP contribution in [-0.4, -0.2) is 9.52 Å². The number of hydrogen-bond donors (Lipinski definition) is 0. The molecule has 0 bridgehead atoms. The molecule has 0 saturated carbocycles. The summed E-state index contributed by atoms with van der Waals surface area (Å²) in [5.41, 5.74) is 16.9. The van der Waals surface area contributed by atoms with Crippen LogP contribution in [0.15, 0.2) is 140 Å². The average molecular weight is 920 g/mol. The van der Waals surface area contributed by atoms with E-state index in [1.54, 1.807) is 0 Å². The van der Waals surface area contributed by atoms with Crippen molar-refractivity contribution < 1.29 is 20.8 Å². The predicted octanol–water partition coefficient (Wildman–Crippen LogP) is 15.1. The van der Waals surface area contributed by atoms with Crippen molar-refractivity contribution >= 4 is 58.5 Å².